The molecule has 4 N–H and O–H groups in total. The first-order valence-corrected chi connectivity index (χ1v) is 13.4. The Morgan fingerprint density at radius 2 is 0.956 bits per heavy atom. The number of carbonyl (C=O) groups excluding carboxylic acids is 2. The SMILES string of the molecule is C=Cc1cc(C(=O)O)c(C(=O)Nc2ccc(Oc3cccc(NC(=O)c4cc(C=C)c(C=C)cc4C(=O)O)c3)cc2)cc1C=C. The van der Waals surface area contributed by atoms with Crippen molar-refractivity contribution < 1.29 is 34.1 Å². The van der Waals surface area contributed by atoms with E-state index in [2.05, 4.69) is 36.9 Å². The summed E-state index contributed by atoms with van der Waals surface area (Å²) in [6, 6.07) is 18.5. The van der Waals surface area contributed by atoms with Crippen molar-refractivity contribution in [2.24, 2.45) is 0 Å². The first kappa shape index (κ1) is 31.5. The molecule has 224 valence electrons. The van der Waals surface area contributed by atoms with Crippen LogP contribution < -0.4 is 15.4 Å². The molecule has 0 aromatic heterocycles. The summed E-state index contributed by atoms with van der Waals surface area (Å²) in [5.41, 5.74) is 2.54. The first-order valence-electron chi connectivity index (χ1n) is 13.4. The minimum atomic E-state index is -1.26. The Kier molecular flexibility index (Phi) is 9.55. The molecule has 0 aliphatic rings. The van der Waals surface area contributed by atoms with Crippen molar-refractivity contribution in [1.29, 1.82) is 0 Å². The molecule has 0 radical (unpaired) electrons. The standard InChI is InChI=1S/C36H28N2O7/c1-5-21-16-29(31(35(41)42)18-23(21)7-3)33(39)37-25-12-14-27(15-13-25)45-28-11-9-10-26(20-28)38-34(40)30-17-22(6-2)24(8-4)19-32(30)36(43)44/h5-20H,1-4H2,(H,37,39)(H,38,40)(H,41,42)(H,43,44). The van der Waals surface area contributed by atoms with Gasteiger partial charge in [0.2, 0.25) is 0 Å². The van der Waals surface area contributed by atoms with Gasteiger partial charge in [-0.2, -0.15) is 0 Å². The second kappa shape index (κ2) is 13.7. The van der Waals surface area contributed by atoms with Gasteiger partial charge in [0.05, 0.1) is 22.3 Å². The average Bonchev–Trinajstić information content (AvgIpc) is 3.04. The van der Waals surface area contributed by atoms with Gasteiger partial charge in [-0.25, -0.2) is 9.59 Å². The maximum atomic E-state index is 13.1. The highest BCUT2D eigenvalue weighted by Gasteiger charge is 2.20. The van der Waals surface area contributed by atoms with Gasteiger partial charge < -0.3 is 25.6 Å². The number of ether oxygens (including phenoxy) is 1. The lowest BCUT2D eigenvalue weighted by molar-refractivity contribution is 0.0683. The molecule has 0 saturated carbocycles. The monoisotopic (exact) mass is 600 g/mol. The third-order valence-corrected chi connectivity index (χ3v) is 6.72. The highest BCUT2D eigenvalue weighted by atomic mass is 16.5. The van der Waals surface area contributed by atoms with E-state index >= 15 is 0 Å². The molecule has 0 atom stereocenters. The van der Waals surface area contributed by atoms with Gasteiger partial charge in [-0.05, 0) is 82.9 Å². The van der Waals surface area contributed by atoms with Gasteiger partial charge in [0, 0.05) is 17.4 Å². The molecule has 0 heterocycles. The minimum absolute atomic E-state index is 0.0324. The number of hydrogen-bond donors (Lipinski definition) is 4. The number of nitrogens with one attached hydrogen (secondary N) is 2. The van der Waals surface area contributed by atoms with Gasteiger partial charge in [-0.3, -0.25) is 9.59 Å². The van der Waals surface area contributed by atoms with E-state index in [1.54, 1.807) is 48.5 Å². The molecule has 4 rings (SSSR count). The first-order chi connectivity index (χ1) is 21.6. The second-order valence-corrected chi connectivity index (χ2v) is 9.54. The Balaban J connectivity index is 1.49. The van der Waals surface area contributed by atoms with Crippen molar-refractivity contribution in [3.05, 3.63) is 144 Å². The van der Waals surface area contributed by atoms with Crippen LogP contribution in [0.5, 0.6) is 11.5 Å². The minimum Gasteiger partial charge on any atom is -0.478 e. The number of carboxylic acid groups (broad SMARTS) is 2. The molecule has 4 aromatic carbocycles. The highest BCUT2D eigenvalue weighted by molar-refractivity contribution is 6.12. The summed E-state index contributed by atoms with van der Waals surface area (Å²) in [7, 11) is 0. The summed E-state index contributed by atoms with van der Waals surface area (Å²) < 4.78 is 5.91. The number of benzene rings is 4. The van der Waals surface area contributed by atoms with E-state index in [1.807, 2.05) is 0 Å². The van der Waals surface area contributed by atoms with E-state index in [-0.39, 0.29) is 22.3 Å². The summed E-state index contributed by atoms with van der Waals surface area (Å²) in [4.78, 5) is 49.7. The predicted octanol–water partition coefficient (Wildman–Crippen LogP) is 7.95. The molecular weight excluding hydrogens is 572 g/mol. The normalized spacial score (nSPS) is 10.2. The number of aromatic carboxylic acids is 2. The topological polar surface area (TPSA) is 142 Å². The van der Waals surface area contributed by atoms with Crippen LogP contribution in [0.1, 0.15) is 63.7 Å². The molecular formula is C36H28N2O7. The van der Waals surface area contributed by atoms with Crippen molar-refractivity contribution in [1.82, 2.24) is 0 Å². The lowest BCUT2D eigenvalue weighted by atomic mass is 9.97. The summed E-state index contributed by atoms with van der Waals surface area (Å²) >= 11 is 0. The van der Waals surface area contributed by atoms with Gasteiger partial charge >= 0.3 is 11.9 Å². The summed E-state index contributed by atoms with van der Waals surface area (Å²) in [6.45, 7) is 14.8. The van der Waals surface area contributed by atoms with Gasteiger partial charge in [-0.1, -0.05) is 56.7 Å². The fourth-order valence-corrected chi connectivity index (χ4v) is 4.48. The van der Waals surface area contributed by atoms with Gasteiger partial charge in [0.1, 0.15) is 11.5 Å². The molecule has 9 heteroatoms. The van der Waals surface area contributed by atoms with Crippen molar-refractivity contribution >= 4 is 59.4 Å². The van der Waals surface area contributed by atoms with Crippen LogP contribution in [0.25, 0.3) is 24.3 Å². The molecule has 0 bridgehead atoms. The van der Waals surface area contributed by atoms with Gasteiger partial charge in [0.25, 0.3) is 11.8 Å². The smallest absolute Gasteiger partial charge is 0.336 e. The zero-order valence-electron chi connectivity index (χ0n) is 24.0. The third-order valence-electron chi connectivity index (χ3n) is 6.72. The highest BCUT2D eigenvalue weighted by Crippen LogP contribution is 2.27. The summed E-state index contributed by atoms with van der Waals surface area (Å²) in [6.07, 6.45) is 6.00. The Morgan fingerprint density at radius 1 is 0.533 bits per heavy atom. The predicted molar refractivity (Wildman–Crippen MR) is 176 cm³/mol. The fourth-order valence-electron chi connectivity index (χ4n) is 4.48. The molecule has 0 unspecified atom stereocenters. The van der Waals surface area contributed by atoms with E-state index in [0.29, 0.717) is 45.1 Å². The van der Waals surface area contributed by atoms with Crippen LogP contribution in [0.3, 0.4) is 0 Å². The molecule has 0 aliphatic heterocycles. The molecule has 9 nitrogen and oxygen atoms in total. The zero-order valence-corrected chi connectivity index (χ0v) is 24.0. The Bertz CT molecular complexity index is 1890. The van der Waals surface area contributed by atoms with Crippen molar-refractivity contribution in [2.45, 2.75) is 0 Å². The number of carboxylic acids is 2. The van der Waals surface area contributed by atoms with E-state index in [0.717, 1.165) is 0 Å². The Morgan fingerprint density at radius 3 is 1.38 bits per heavy atom. The molecule has 0 fully saturated rings. The van der Waals surface area contributed by atoms with Crippen molar-refractivity contribution in [3.63, 3.8) is 0 Å². The van der Waals surface area contributed by atoms with E-state index in [4.69, 9.17) is 4.74 Å². The molecule has 0 saturated heterocycles. The maximum absolute atomic E-state index is 13.1. The zero-order chi connectivity index (χ0) is 32.7. The number of amides is 2. The van der Waals surface area contributed by atoms with Crippen molar-refractivity contribution in [2.75, 3.05) is 10.6 Å². The van der Waals surface area contributed by atoms with Gasteiger partial charge in [-0.15, -0.1) is 0 Å². The molecule has 0 spiro atoms. The number of rotatable bonds is 12. The van der Waals surface area contributed by atoms with Gasteiger partial charge in [0.15, 0.2) is 0 Å². The lowest BCUT2D eigenvalue weighted by Crippen LogP contribution is -2.17. The quantitative estimate of drug-likeness (QED) is 0.129. The van der Waals surface area contributed by atoms with E-state index in [1.165, 1.54) is 48.6 Å². The Labute approximate surface area is 259 Å². The summed E-state index contributed by atoms with van der Waals surface area (Å²) in [5.74, 6) is -2.97. The van der Waals surface area contributed by atoms with Crippen LogP contribution in [-0.4, -0.2) is 34.0 Å². The number of anilines is 2. The third kappa shape index (κ3) is 7.12. The van der Waals surface area contributed by atoms with Crippen LogP contribution in [-0.2, 0) is 0 Å². The summed E-state index contributed by atoms with van der Waals surface area (Å²) in [5, 5.41) is 24.7. The second-order valence-electron chi connectivity index (χ2n) is 9.54. The average molecular weight is 601 g/mol. The maximum Gasteiger partial charge on any atom is 0.336 e. The largest absolute Gasteiger partial charge is 0.478 e. The molecule has 0 aliphatic carbocycles. The van der Waals surface area contributed by atoms with E-state index in [9.17, 15) is 29.4 Å². The van der Waals surface area contributed by atoms with Crippen LogP contribution in [0, 0.1) is 0 Å². The van der Waals surface area contributed by atoms with Crippen LogP contribution in [0.15, 0.2) is 99.1 Å². The lowest BCUT2D eigenvalue weighted by Gasteiger charge is -2.13. The fraction of sp³-hybridized carbons (Fsp3) is 0. The molecule has 4 aromatic rings. The van der Waals surface area contributed by atoms with E-state index < -0.39 is 23.8 Å². The molecule has 45 heavy (non-hydrogen) atoms. The molecule has 2 amide bonds. The number of hydrogen-bond acceptors (Lipinski definition) is 5. The van der Waals surface area contributed by atoms with Crippen molar-refractivity contribution in [3.8, 4) is 11.5 Å². The Hall–Kier alpha value is -6.48. The number of carbonyl (C=O) groups is 4. The van der Waals surface area contributed by atoms with Crippen LogP contribution >= 0.6 is 0 Å². The van der Waals surface area contributed by atoms with Crippen LogP contribution in [0.2, 0.25) is 0 Å². The van der Waals surface area contributed by atoms with Crippen LogP contribution in [0.4, 0.5) is 11.4 Å².